The number of piperazine rings is 1. The fourth-order valence-corrected chi connectivity index (χ4v) is 3.16. The maximum atomic E-state index is 3.69. The molecule has 1 N–H and O–H groups in total. The van der Waals surface area contributed by atoms with Crippen molar-refractivity contribution in [2.45, 2.75) is 25.9 Å². The van der Waals surface area contributed by atoms with Gasteiger partial charge in [-0.15, -0.1) is 0 Å². The molecule has 0 amide bonds. The smallest absolute Gasteiger partial charge is 0.0511 e. The van der Waals surface area contributed by atoms with E-state index < -0.39 is 0 Å². The summed E-state index contributed by atoms with van der Waals surface area (Å²) in [5, 5.41) is 3.69. The van der Waals surface area contributed by atoms with Gasteiger partial charge in [-0.3, -0.25) is 0 Å². The number of aryl methyl sites for hydroxylation is 2. The highest BCUT2D eigenvalue weighted by Gasteiger charge is 2.29. The molecule has 2 rings (SSSR count). The summed E-state index contributed by atoms with van der Waals surface area (Å²) in [7, 11) is 6.57. The average molecular weight is 261 g/mol. The third-order valence-corrected chi connectivity index (χ3v) is 4.09. The van der Waals surface area contributed by atoms with Gasteiger partial charge in [0.15, 0.2) is 0 Å². The van der Waals surface area contributed by atoms with Crippen LogP contribution in [0.1, 0.15) is 22.7 Å². The molecule has 1 fully saturated rings. The Bertz CT molecular complexity index is 428. The maximum Gasteiger partial charge on any atom is 0.0511 e. The Morgan fingerprint density at radius 2 is 2.05 bits per heavy atom. The van der Waals surface area contributed by atoms with Crippen LogP contribution in [-0.4, -0.2) is 56.6 Å². The first-order chi connectivity index (χ1) is 8.99. The zero-order chi connectivity index (χ0) is 14.0. The second kappa shape index (κ2) is 6.04. The van der Waals surface area contributed by atoms with Crippen molar-refractivity contribution in [2.75, 3.05) is 40.8 Å². The number of benzene rings is 1. The van der Waals surface area contributed by atoms with Crippen LogP contribution in [0.4, 0.5) is 0 Å². The molecule has 1 aliphatic rings. The minimum atomic E-state index is 0.434. The third kappa shape index (κ3) is 3.35. The average Bonchev–Trinajstić information content (AvgIpc) is 2.32. The van der Waals surface area contributed by atoms with Crippen LogP contribution in [0.25, 0.3) is 0 Å². The lowest BCUT2D eigenvalue weighted by Gasteiger charge is -2.39. The molecule has 0 aliphatic carbocycles. The van der Waals surface area contributed by atoms with E-state index in [1.165, 1.54) is 16.7 Å². The van der Waals surface area contributed by atoms with E-state index in [9.17, 15) is 0 Å². The van der Waals surface area contributed by atoms with Crippen molar-refractivity contribution in [3.63, 3.8) is 0 Å². The Hall–Kier alpha value is -0.900. The Kier molecular flexibility index (Phi) is 4.61. The van der Waals surface area contributed by atoms with E-state index in [2.05, 4.69) is 68.3 Å². The number of nitrogens with one attached hydrogen (secondary N) is 1. The van der Waals surface area contributed by atoms with Crippen LogP contribution in [0.5, 0.6) is 0 Å². The molecule has 0 aromatic heterocycles. The Morgan fingerprint density at radius 3 is 2.63 bits per heavy atom. The Labute approximate surface area is 117 Å². The molecule has 0 radical (unpaired) electrons. The topological polar surface area (TPSA) is 18.5 Å². The van der Waals surface area contributed by atoms with Gasteiger partial charge in [0.2, 0.25) is 0 Å². The largest absolute Gasteiger partial charge is 0.310 e. The quantitative estimate of drug-likeness (QED) is 0.895. The van der Waals surface area contributed by atoms with Gasteiger partial charge in [0.05, 0.1) is 6.04 Å². The van der Waals surface area contributed by atoms with Gasteiger partial charge in [-0.25, -0.2) is 0 Å². The molecule has 1 heterocycles. The first-order valence-corrected chi connectivity index (χ1v) is 7.14. The molecule has 1 saturated heterocycles. The van der Waals surface area contributed by atoms with Gasteiger partial charge in [-0.1, -0.05) is 23.8 Å². The van der Waals surface area contributed by atoms with Gasteiger partial charge < -0.3 is 15.1 Å². The summed E-state index contributed by atoms with van der Waals surface area (Å²) in [5.74, 6) is 0. The van der Waals surface area contributed by atoms with Crippen LogP contribution in [0.3, 0.4) is 0 Å². The van der Waals surface area contributed by atoms with E-state index in [-0.39, 0.29) is 0 Å². The molecule has 19 heavy (non-hydrogen) atoms. The highest BCUT2D eigenvalue weighted by molar-refractivity contribution is 5.34. The summed E-state index contributed by atoms with van der Waals surface area (Å²) in [6.45, 7) is 7.72. The molecular formula is C16H27N3. The fourth-order valence-electron chi connectivity index (χ4n) is 3.16. The number of rotatable bonds is 3. The minimum Gasteiger partial charge on any atom is -0.310 e. The van der Waals surface area contributed by atoms with Crippen molar-refractivity contribution in [3.8, 4) is 0 Å². The Morgan fingerprint density at radius 1 is 1.32 bits per heavy atom. The summed E-state index contributed by atoms with van der Waals surface area (Å²) in [5.41, 5.74) is 4.18. The second-order valence-electron chi connectivity index (χ2n) is 6.09. The van der Waals surface area contributed by atoms with Crippen LogP contribution < -0.4 is 5.32 Å². The highest BCUT2D eigenvalue weighted by Crippen LogP contribution is 2.27. The summed E-state index contributed by atoms with van der Waals surface area (Å²) in [4.78, 5) is 4.76. The summed E-state index contributed by atoms with van der Waals surface area (Å²) >= 11 is 0. The van der Waals surface area contributed by atoms with Gasteiger partial charge in [0.25, 0.3) is 0 Å². The van der Waals surface area contributed by atoms with Crippen molar-refractivity contribution >= 4 is 0 Å². The van der Waals surface area contributed by atoms with Crippen LogP contribution in [0.15, 0.2) is 18.2 Å². The van der Waals surface area contributed by atoms with E-state index in [0.717, 1.165) is 19.6 Å². The first-order valence-electron chi connectivity index (χ1n) is 7.14. The fraction of sp³-hybridized carbons (Fsp3) is 0.625. The normalized spacial score (nSPS) is 22.7. The number of hydrogen-bond acceptors (Lipinski definition) is 3. The standard InChI is InChI=1S/C16H27N3/c1-12-6-7-14(13(2)10-12)16(18(3)4)15-11-19(5)9-8-17-15/h6-7,10,15-17H,8-9,11H2,1-5H3. The molecule has 1 aromatic carbocycles. The van der Waals surface area contributed by atoms with Crippen molar-refractivity contribution in [1.29, 1.82) is 0 Å². The zero-order valence-corrected chi connectivity index (χ0v) is 12.9. The summed E-state index contributed by atoms with van der Waals surface area (Å²) in [6, 6.07) is 7.74. The van der Waals surface area contributed by atoms with Crippen molar-refractivity contribution < 1.29 is 0 Å². The van der Waals surface area contributed by atoms with Crippen LogP contribution in [0, 0.1) is 13.8 Å². The van der Waals surface area contributed by atoms with Gasteiger partial charge in [0.1, 0.15) is 0 Å². The zero-order valence-electron chi connectivity index (χ0n) is 12.9. The van der Waals surface area contributed by atoms with Crippen LogP contribution >= 0.6 is 0 Å². The Balaban J connectivity index is 2.29. The van der Waals surface area contributed by atoms with Crippen molar-refractivity contribution in [1.82, 2.24) is 15.1 Å². The van der Waals surface area contributed by atoms with Crippen molar-refractivity contribution in [2.24, 2.45) is 0 Å². The molecule has 0 saturated carbocycles. The second-order valence-corrected chi connectivity index (χ2v) is 6.09. The lowest BCUT2D eigenvalue weighted by Crippen LogP contribution is -2.54. The highest BCUT2D eigenvalue weighted by atomic mass is 15.2. The van der Waals surface area contributed by atoms with E-state index in [1.807, 2.05) is 0 Å². The summed E-state index contributed by atoms with van der Waals surface area (Å²) in [6.07, 6.45) is 0. The number of nitrogens with zero attached hydrogens (tertiary/aromatic N) is 2. The monoisotopic (exact) mass is 261 g/mol. The van der Waals surface area contributed by atoms with E-state index in [4.69, 9.17) is 0 Å². The van der Waals surface area contributed by atoms with Crippen molar-refractivity contribution in [3.05, 3.63) is 34.9 Å². The molecule has 1 aromatic rings. The number of hydrogen-bond donors (Lipinski definition) is 1. The summed E-state index contributed by atoms with van der Waals surface area (Å²) < 4.78 is 0. The minimum absolute atomic E-state index is 0.434. The maximum absolute atomic E-state index is 3.69. The third-order valence-electron chi connectivity index (χ3n) is 4.09. The molecule has 3 nitrogen and oxygen atoms in total. The molecule has 106 valence electrons. The molecule has 0 bridgehead atoms. The first kappa shape index (κ1) is 14.5. The molecule has 3 heteroatoms. The van der Waals surface area contributed by atoms with E-state index >= 15 is 0 Å². The van der Waals surface area contributed by atoms with E-state index in [0.29, 0.717) is 12.1 Å². The lowest BCUT2D eigenvalue weighted by atomic mass is 9.92. The molecule has 2 unspecified atom stereocenters. The SMILES string of the molecule is Cc1ccc(C(C2CN(C)CCN2)N(C)C)c(C)c1. The molecule has 0 spiro atoms. The molecule has 2 atom stereocenters. The number of likely N-dealkylation sites (N-methyl/N-ethyl adjacent to an activating group) is 2. The van der Waals surface area contributed by atoms with Gasteiger partial charge >= 0.3 is 0 Å². The molecule has 1 aliphatic heterocycles. The van der Waals surface area contributed by atoms with Gasteiger partial charge in [-0.2, -0.15) is 0 Å². The predicted molar refractivity (Wildman–Crippen MR) is 81.6 cm³/mol. The van der Waals surface area contributed by atoms with Crippen LogP contribution in [0.2, 0.25) is 0 Å². The van der Waals surface area contributed by atoms with Gasteiger partial charge in [-0.05, 0) is 46.1 Å². The lowest BCUT2D eigenvalue weighted by molar-refractivity contribution is 0.154. The predicted octanol–water partition coefficient (Wildman–Crippen LogP) is 1.81. The van der Waals surface area contributed by atoms with Gasteiger partial charge in [0, 0.05) is 25.7 Å². The van der Waals surface area contributed by atoms with E-state index in [1.54, 1.807) is 0 Å². The molecular weight excluding hydrogens is 234 g/mol. The van der Waals surface area contributed by atoms with Crippen LogP contribution in [-0.2, 0) is 0 Å².